The van der Waals surface area contributed by atoms with E-state index in [9.17, 15) is 0 Å². The molecule has 3 aromatic rings. The normalized spacial score (nSPS) is 11.0. The maximum atomic E-state index is 5.91. The van der Waals surface area contributed by atoms with Crippen LogP contribution < -0.4 is 16.0 Å². The number of anilines is 4. The number of rotatable bonds is 7. The molecule has 132 valence electrons. The molecule has 0 unspecified atom stereocenters. The summed E-state index contributed by atoms with van der Waals surface area (Å²) in [4.78, 5) is 18.8. The average Bonchev–Trinajstić information content (AvgIpc) is 2.96. The molecule has 0 aliphatic rings. The quantitative estimate of drug-likeness (QED) is 0.608. The molecule has 1 aromatic carbocycles. The molecule has 0 aliphatic carbocycles. The summed E-state index contributed by atoms with van der Waals surface area (Å²) in [7, 11) is 0. The van der Waals surface area contributed by atoms with E-state index in [4.69, 9.17) is 5.73 Å². The molecule has 0 fully saturated rings. The lowest BCUT2D eigenvalue weighted by molar-refractivity contribution is 0.736. The van der Waals surface area contributed by atoms with Crippen molar-refractivity contribution in [1.82, 2.24) is 19.9 Å². The van der Waals surface area contributed by atoms with Gasteiger partial charge in [-0.2, -0.15) is 15.0 Å². The van der Waals surface area contributed by atoms with Crippen molar-refractivity contribution in [2.45, 2.75) is 33.6 Å². The van der Waals surface area contributed by atoms with Crippen molar-refractivity contribution in [3.8, 4) is 0 Å². The highest BCUT2D eigenvalue weighted by atomic mass is 15.2. The Balaban J connectivity index is 1.99. The lowest BCUT2D eigenvalue weighted by Gasteiger charge is -2.22. The molecule has 0 saturated carbocycles. The van der Waals surface area contributed by atoms with Gasteiger partial charge in [0.05, 0.1) is 0 Å². The van der Waals surface area contributed by atoms with Gasteiger partial charge in [-0.05, 0) is 37.5 Å². The van der Waals surface area contributed by atoms with E-state index in [1.807, 2.05) is 12.1 Å². The minimum Gasteiger partial charge on any atom is -0.368 e. The number of aryl methyl sites for hydroxylation is 1. The molecule has 7 nitrogen and oxygen atoms in total. The van der Waals surface area contributed by atoms with Crippen molar-refractivity contribution in [1.29, 1.82) is 0 Å². The lowest BCUT2D eigenvalue weighted by atomic mass is 10.2. The van der Waals surface area contributed by atoms with E-state index in [-0.39, 0.29) is 5.95 Å². The number of H-pyrrole nitrogens is 1. The maximum Gasteiger partial charge on any atom is 0.224 e. The van der Waals surface area contributed by atoms with Crippen LogP contribution in [0.4, 0.5) is 23.4 Å². The van der Waals surface area contributed by atoms with Gasteiger partial charge in [-0.3, -0.25) is 0 Å². The second-order valence-electron chi connectivity index (χ2n) is 6.17. The molecular weight excluding hydrogens is 314 g/mol. The number of nitrogen functional groups attached to an aromatic ring is 1. The van der Waals surface area contributed by atoms with Gasteiger partial charge in [-0.1, -0.05) is 26.0 Å². The third-order valence-corrected chi connectivity index (χ3v) is 3.92. The molecule has 25 heavy (non-hydrogen) atoms. The predicted molar refractivity (Wildman–Crippen MR) is 103 cm³/mol. The van der Waals surface area contributed by atoms with Gasteiger partial charge in [0.1, 0.15) is 5.52 Å². The minimum absolute atomic E-state index is 0.244. The van der Waals surface area contributed by atoms with E-state index in [1.54, 1.807) is 0 Å². The highest BCUT2D eigenvalue weighted by Crippen LogP contribution is 2.26. The number of benzene rings is 1. The molecule has 0 aliphatic heterocycles. The number of hydrogen-bond acceptors (Lipinski definition) is 6. The number of aromatic nitrogens is 4. The number of fused-ring (bicyclic) bond motifs is 1. The van der Waals surface area contributed by atoms with Crippen LogP contribution in [-0.2, 0) is 0 Å². The van der Waals surface area contributed by atoms with Gasteiger partial charge >= 0.3 is 0 Å². The Morgan fingerprint density at radius 3 is 2.56 bits per heavy atom. The third kappa shape index (κ3) is 3.81. The SMILES string of the molecule is CCCN(CCC)c1nc(N)nc2nc(Nc3cccc(C)c3)[nH]c12. The van der Waals surface area contributed by atoms with Gasteiger partial charge < -0.3 is 20.9 Å². The van der Waals surface area contributed by atoms with Crippen LogP contribution in [0.5, 0.6) is 0 Å². The Morgan fingerprint density at radius 2 is 1.88 bits per heavy atom. The van der Waals surface area contributed by atoms with Crippen molar-refractivity contribution < 1.29 is 0 Å². The van der Waals surface area contributed by atoms with E-state index >= 15 is 0 Å². The van der Waals surface area contributed by atoms with Crippen LogP contribution in [0, 0.1) is 6.92 Å². The third-order valence-electron chi connectivity index (χ3n) is 3.92. The lowest BCUT2D eigenvalue weighted by Crippen LogP contribution is -2.26. The van der Waals surface area contributed by atoms with E-state index in [0.717, 1.165) is 43.0 Å². The summed E-state index contributed by atoms with van der Waals surface area (Å²) in [6.45, 7) is 8.20. The molecular formula is C18H25N7. The van der Waals surface area contributed by atoms with Crippen LogP contribution >= 0.6 is 0 Å². The molecule has 0 spiro atoms. The van der Waals surface area contributed by atoms with Crippen molar-refractivity contribution in [3.63, 3.8) is 0 Å². The number of nitrogens with zero attached hydrogens (tertiary/aromatic N) is 4. The second kappa shape index (κ2) is 7.38. The van der Waals surface area contributed by atoms with Crippen LogP contribution in [0.2, 0.25) is 0 Å². The van der Waals surface area contributed by atoms with Crippen LogP contribution in [-0.4, -0.2) is 33.0 Å². The first-order valence-electron chi connectivity index (χ1n) is 8.72. The molecule has 3 rings (SSSR count). The Labute approximate surface area is 147 Å². The molecule has 4 N–H and O–H groups in total. The van der Waals surface area contributed by atoms with Crippen LogP contribution in [0.3, 0.4) is 0 Å². The van der Waals surface area contributed by atoms with Gasteiger partial charge in [-0.25, -0.2) is 0 Å². The maximum absolute atomic E-state index is 5.91. The first kappa shape index (κ1) is 17.0. The molecule has 0 amide bonds. The fourth-order valence-electron chi connectivity index (χ4n) is 2.91. The second-order valence-corrected chi connectivity index (χ2v) is 6.17. The summed E-state index contributed by atoms with van der Waals surface area (Å²) in [5, 5.41) is 3.29. The topological polar surface area (TPSA) is 95.8 Å². The van der Waals surface area contributed by atoms with Gasteiger partial charge in [0.15, 0.2) is 11.5 Å². The average molecular weight is 339 g/mol. The van der Waals surface area contributed by atoms with Gasteiger partial charge in [0, 0.05) is 18.8 Å². The Hall–Kier alpha value is -2.83. The summed E-state index contributed by atoms with van der Waals surface area (Å²) >= 11 is 0. The first-order valence-corrected chi connectivity index (χ1v) is 8.72. The zero-order valence-corrected chi connectivity index (χ0v) is 15.0. The first-order chi connectivity index (χ1) is 12.1. The highest BCUT2D eigenvalue weighted by molar-refractivity contribution is 5.86. The van der Waals surface area contributed by atoms with Gasteiger partial charge in [0.25, 0.3) is 0 Å². The molecule has 0 radical (unpaired) electrons. The van der Waals surface area contributed by atoms with Crippen LogP contribution in [0.15, 0.2) is 24.3 Å². The summed E-state index contributed by atoms with van der Waals surface area (Å²) in [6.07, 6.45) is 2.07. The zero-order valence-electron chi connectivity index (χ0n) is 15.0. The predicted octanol–water partition coefficient (Wildman–Crippen LogP) is 3.61. The smallest absolute Gasteiger partial charge is 0.224 e. The fourth-order valence-corrected chi connectivity index (χ4v) is 2.91. The summed E-state index contributed by atoms with van der Waals surface area (Å²) in [5.41, 5.74) is 9.46. The molecule has 2 aromatic heterocycles. The molecule has 7 heteroatoms. The van der Waals surface area contributed by atoms with Crippen molar-refractivity contribution in [2.24, 2.45) is 0 Å². The summed E-state index contributed by atoms with van der Waals surface area (Å²) in [6, 6.07) is 8.13. The molecule has 0 bridgehead atoms. The standard InChI is InChI=1S/C18H25N7/c1-4-9-25(10-5-2)16-14-15(22-17(19)24-16)23-18(21-14)20-13-8-6-7-12(3)11-13/h6-8,11H,4-5,9-10H2,1-3H3,(H4,19,20,21,22,23,24). The number of nitrogens with two attached hydrogens (primary N) is 1. The molecule has 0 atom stereocenters. The number of hydrogen-bond donors (Lipinski definition) is 3. The summed E-state index contributed by atoms with van der Waals surface area (Å²) < 4.78 is 0. The van der Waals surface area contributed by atoms with Gasteiger partial charge in [0.2, 0.25) is 11.9 Å². The number of aromatic amines is 1. The Kier molecular flexibility index (Phi) is 5.02. The van der Waals surface area contributed by atoms with E-state index in [0.29, 0.717) is 11.6 Å². The number of nitrogens with one attached hydrogen (secondary N) is 2. The van der Waals surface area contributed by atoms with Gasteiger partial charge in [-0.15, -0.1) is 0 Å². The van der Waals surface area contributed by atoms with E-state index < -0.39 is 0 Å². The molecule has 0 saturated heterocycles. The Morgan fingerprint density at radius 1 is 1.12 bits per heavy atom. The van der Waals surface area contributed by atoms with E-state index in [2.05, 4.69) is 63.1 Å². The largest absolute Gasteiger partial charge is 0.368 e. The number of imidazole rings is 1. The van der Waals surface area contributed by atoms with Crippen LogP contribution in [0.1, 0.15) is 32.3 Å². The monoisotopic (exact) mass is 339 g/mol. The van der Waals surface area contributed by atoms with Crippen molar-refractivity contribution in [2.75, 3.05) is 29.0 Å². The summed E-state index contributed by atoms with van der Waals surface area (Å²) in [5.74, 6) is 1.69. The van der Waals surface area contributed by atoms with E-state index in [1.165, 1.54) is 5.56 Å². The highest BCUT2D eigenvalue weighted by Gasteiger charge is 2.16. The fraction of sp³-hybridized carbons (Fsp3) is 0.389. The van der Waals surface area contributed by atoms with Crippen molar-refractivity contribution in [3.05, 3.63) is 29.8 Å². The Bertz CT molecular complexity index is 850. The zero-order chi connectivity index (χ0) is 17.8. The van der Waals surface area contributed by atoms with Crippen LogP contribution in [0.25, 0.3) is 11.2 Å². The molecule has 2 heterocycles. The van der Waals surface area contributed by atoms with Crippen molar-refractivity contribution >= 4 is 34.6 Å². The minimum atomic E-state index is 0.244.